The molecule has 2 atom stereocenters. The number of piperidine rings is 1. The number of hydrogen-bond donors (Lipinski definition) is 0. The van der Waals surface area contributed by atoms with Gasteiger partial charge in [-0.3, -0.25) is 9.59 Å². The number of likely N-dealkylation sites (tertiary alicyclic amines) is 1. The smallest absolute Gasteiger partial charge is 0.228 e. The topological polar surface area (TPSA) is 49.9 Å². The van der Waals surface area contributed by atoms with Crippen molar-refractivity contribution in [2.45, 2.75) is 19.3 Å². The molecule has 1 aromatic carbocycles. The second kappa shape index (κ2) is 7.66. The van der Waals surface area contributed by atoms with E-state index in [4.69, 9.17) is 4.74 Å². The van der Waals surface area contributed by atoms with Gasteiger partial charge in [-0.15, -0.1) is 0 Å². The third kappa shape index (κ3) is 3.81. The van der Waals surface area contributed by atoms with Gasteiger partial charge in [-0.2, -0.15) is 0 Å². The molecule has 0 aromatic heterocycles. The highest BCUT2D eigenvalue weighted by atomic mass is 79.9. The summed E-state index contributed by atoms with van der Waals surface area (Å²) < 4.78 is 6.16. The zero-order valence-electron chi connectivity index (χ0n) is 13.9. The Morgan fingerprint density at radius 2 is 2.21 bits per heavy atom. The van der Waals surface area contributed by atoms with Crippen LogP contribution in [0.3, 0.4) is 0 Å². The van der Waals surface area contributed by atoms with Crippen LogP contribution in [-0.2, 0) is 14.3 Å². The van der Waals surface area contributed by atoms with Gasteiger partial charge in [0.1, 0.15) is 0 Å². The van der Waals surface area contributed by atoms with Crippen LogP contribution in [0.5, 0.6) is 0 Å². The summed E-state index contributed by atoms with van der Waals surface area (Å²) in [5, 5.41) is 0. The van der Waals surface area contributed by atoms with E-state index >= 15 is 0 Å². The number of nitrogens with zero attached hydrogens (tertiary/aromatic N) is 2. The molecule has 5 nitrogen and oxygen atoms in total. The van der Waals surface area contributed by atoms with Crippen molar-refractivity contribution < 1.29 is 14.3 Å². The number of benzene rings is 1. The molecule has 2 saturated heterocycles. The highest BCUT2D eigenvalue weighted by Crippen LogP contribution is 2.29. The summed E-state index contributed by atoms with van der Waals surface area (Å²) in [6, 6.07) is 7.66. The first kappa shape index (κ1) is 17.4. The maximum absolute atomic E-state index is 12.8. The van der Waals surface area contributed by atoms with Gasteiger partial charge in [-0.1, -0.05) is 22.0 Å². The van der Waals surface area contributed by atoms with E-state index in [1.54, 1.807) is 12.0 Å². The molecule has 2 unspecified atom stereocenters. The predicted molar refractivity (Wildman–Crippen MR) is 95.8 cm³/mol. The van der Waals surface area contributed by atoms with Gasteiger partial charge in [0, 0.05) is 43.3 Å². The largest absolute Gasteiger partial charge is 0.384 e. The van der Waals surface area contributed by atoms with Crippen LogP contribution < -0.4 is 4.90 Å². The van der Waals surface area contributed by atoms with Crippen LogP contribution in [0.1, 0.15) is 19.3 Å². The minimum atomic E-state index is -0.238. The molecule has 0 saturated carbocycles. The summed E-state index contributed by atoms with van der Waals surface area (Å²) in [6.45, 7) is 2.70. The highest BCUT2D eigenvalue weighted by Gasteiger charge is 2.38. The molecule has 0 aliphatic carbocycles. The maximum Gasteiger partial charge on any atom is 0.228 e. The summed E-state index contributed by atoms with van der Waals surface area (Å²) in [7, 11) is 1.70. The summed E-state index contributed by atoms with van der Waals surface area (Å²) >= 11 is 3.43. The molecule has 2 amide bonds. The van der Waals surface area contributed by atoms with E-state index in [1.165, 1.54) is 0 Å². The molecule has 1 aromatic rings. The summed E-state index contributed by atoms with van der Waals surface area (Å²) in [5.74, 6) is 0.308. The second-order valence-corrected chi connectivity index (χ2v) is 7.55. The molecule has 6 heteroatoms. The molecule has 2 fully saturated rings. The zero-order valence-corrected chi connectivity index (χ0v) is 15.5. The molecule has 0 spiro atoms. The molecule has 2 heterocycles. The Labute approximate surface area is 151 Å². The Hall–Kier alpha value is -1.40. The quantitative estimate of drug-likeness (QED) is 0.788. The van der Waals surface area contributed by atoms with E-state index in [0.717, 1.165) is 36.1 Å². The Balaban J connectivity index is 1.65. The van der Waals surface area contributed by atoms with Gasteiger partial charge in [-0.25, -0.2) is 0 Å². The lowest BCUT2D eigenvalue weighted by Gasteiger charge is -2.34. The molecule has 0 radical (unpaired) electrons. The van der Waals surface area contributed by atoms with Gasteiger partial charge in [0.15, 0.2) is 0 Å². The minimum Gasteiger partial charge on any atom is -0.384 e. The average molecular weight is 395 g/mol. The van der Waals surface area contributed by atoms with Crippen LogP contribution in [0.15, 0.2) is 28.7 Å². The molecule has 0 N–H and O–H groups in total. The van der Waals surface area contributed by atoms with E-state index in [9.17, 15) is 9.59 Å². The molecule has 24 heavy (non-hydrogen) atoms. The standard InChI is InChI=1S/C18H23BrN2O3/c1-24-12-13-4-3-7-20(10-13)18(23)14-8-17(22)21(11-14)16-6-2-5-15(19)9-16/h2,5-6,9,13-14H,3-4,7-8,10-12H2,1H3. The van der Waals surface area contributed by atoms with E-state index < -0.39 is 0 Å². The fraction of sp³-hybridized carbons (Fsp3) is 0.556. The van der Waals surface area contributed by atoms with Gasteiger partial charge in [0.05, 0.1) is 12.5 Å². The van der Waals surface area contributed by atoms with Crippen molar-refractivity contribution in [1.82, 2.24) is 4.90 Å². The Morgan fingerprint density at radius 3 is 2.96 bits per heavy atom. The first-order valence-corrected chi connectivity index (χ1v) is 9.21. The van der Waals surface area contributed by atoms with Crippen molar-refractivity contribution in [2.24, 2.45) is 11.8 Å². The Morgan fingerprint density at radius 1 is 1.38 bits per heavy atom. The molecule has 2 aliphatic heterocycles. The van der Waals surface area contributed by atoms with Crippen molar-refractivity contribution in [3.8, 4) is 0 Å². The predicted octanol–water partition coefficient (Wildman–Crippen LogP) is 2.69. The van der Waals surface area contributed by atoms with Crippen LogP contribution in [0, 0.1) is 11.8 Å². The number of halogens is 1. The van der Waals surface area contributed by atoms with Crippen LogP contribution in [0.4, 0.5) is 5.69 Å². The number of rotatable bonds is 4. The molecular weight excluding hydrogens is 372 g/mol. The second-order valence-electron chi connectivity index (χ2n) is 6.63. The fourth-order valence-corrected chi connectivity index (χ4v) is 4.05. The first-order valence-electron chi connectivity index (χ1n) is 8.42. The van der Waals surface area contributed by atoms with Crippen molar-refractivity contribution >= 4 is 33.4 Å². The van der Waals surface area contributed by atoms with Gasteiger partial charge in [0.25, 0.3) is 0 Å². The number of hydrogen-bond acceptors (Lipinski definition) is 3. The van der Waals surface area contributed by atoms with Gasteiger partial charge in [0.2, 0.25) is 11.8 Å². The van der Waals surface area contributed by atoms with Crippen molar-refractivity contribution in [3.63, 3.8) is 0 Å². The van der Waals surface area contributed by atoms with Crippen LogP contribution >= 0.6 is 15.9 Å². The fourth-order valence-electron chi connectivity index (χ4n) is 3.66. The molecule has 130 valence electrons. The van der Waals surface area contributed by atoms with E-state index in [-0.39, 0.29) is 17.7 Å². The number of methoxy groups -OCH3 is 1. The van der Waals surface area contributed by atoms with Crippen molar-refractivity contribution in [1.29, 1.82) is 0 Å². The maximum atomic E-state index is 12.8. The molecule has 0 bridgehead atoms. The number of carbonyl (C=O) groups is 2. The van der Waals surface area contributed by atoms with Gasteiger partial charge >= 0.3 is 0 Å². The van der Waals surface area contributed by atoms with Gasteiger partial charge < -0.3 is 14.5 Å². The van der Waals surface area contributed by atoms with Crippen molar-refractivity contribution in [3.05, 3.63) is 28.7 Å². The van der Waals surface area contributed by atoms with Crippen molar-refractivity contribution in [2.75, 3.05) is 38.3 Å². The summed E-state index contributed by atoms with van der Waals surface area (Å²) in [5.41, 5.74) is 0.848. The van der Waals surface area contributed by atoms with Crippen LogP contribution in [0.25, 0.3) is 0 Å². The minimum absolute atomic E-state index is 0.0249. The normalized spacial score (nSPS) is 24.5. The Bertz CT molecular complexity index is 620. The first-order chi connectivity index (χ1) is 11.6. The summed E-state index contributed by atoms with van der Waals surface area (Å²) in [6.07, 6.45) is 2.41. The Kier molecular flexibility index (Phi) is 5.56. The number of anilines is 1. The lowest BCUT2D eigenvalue weighted by atomic mass is 9.97. The van der Waals surface area contributed by atoms with E-state index in [1.807, 2.05) is 29.2 Å². The van der Waals surface area contributed by atoms with E-state index in [2.05, 4.69) is 15.9 Å². The molecule has 2 aliphatic rings. The molecular formula is C18H23BrN2O3. The number of ether oxygens (including phenoxy) is 1. The lowest BCUT2D eigenvalue weighted by molar-refractivity contribution is -0.138. The third-order valence-electron chi connectivity index (χ3n) is 4.83. The zero-order chi connectivity index (χ0) is 17.1. The SMILES string of the molecule is COCC1CCCN(C(=O)C2CC(=O)N(c3cccc(Br)c3)C2)C1. The van der Waals surface area contributed by atoms with Crippen LogP contribution in [0.2, 0.25) is 0 Å². The monoisotopic (exact) mass is 394 g/mol. The number of amides is 2. The van der Waals surface area contributed by atoms with E-state index in [0.29, 0.717) is 25.5 Å². The highest BCUT2D eigenvalue weighted by molar-refractivity contribution is 9.10. The van der Waals surface area contributed by atoms with Crippen LogP contribution in [-0.4, -0.2) is 50.1 Å². The number of carbonyl (C=O) groups excluding carboxylic acids is 2. The average Bonchev–Trinajstić information content (AvgIpc) is 2.96. The summed E-state index contributed by atoms with van der Waals surface area (Å²) in [4.78, 5) is 28.9. The molecule has 3 rings (SSSR count). The third-order valence-corrected chi connectivity index (χ3v) is 5.32. The lowest BCUT2D eigenvalue weighted by Crippen LogP contribution is -2.44. The van der Waals surface area contributed by atoms with Gasteiger partial charge in [-0.05, 0) is 37.0 Å².